The van der Waals surface area contributed by atoms with E-state index in [2.05, 4.69) is 45.3 Å². The van der Waals surface area contributed by atoms with Crippen molar-refractivity contribution in [1.82, 2.24) is 10.3 Å². The van der Waals surface area contributed by atoms with Crippen LogP contribution in [0.15, 0.2) is 5.38 Å². The number of hydrogen-bond donors (Lipinski definition) is 1. The van der Waals surface area contributed by atoms with Crippen LogP contribution in [0.1, 0.15) is 58.2 Å². The van der Waals surface area contributed by atoms with E-state index in [0.29, 0.717) is 18.2 Å². The lowest BCUT2D eigenvalue weighted by atomic mass is 9.93. The largest absolute Gasteiger partial charge is 0.374 e. The van der Waals surface area contributed by atoms with E-state index in [1.165, 1.54) is 17.1 Å². The summed E-state index contributed by atoms with van der Waals surface area (Å²) in [6.45, 7) is 12.0. The Balaban J connectivity index is 2.02. The van der Waals surface area contributed by atoms with Gasteiger partial charge in [0.05, 0.1) is 22.9 Å². The number of rotatable bonds is 5. The lowest BCUT2D eigenvalue weighted by Gasteiger charge is -2.23. The van der Waals surface area contributed by atoms with Gasteiger partial charge in [0.25, 0.3) is 0 Å². The average Bonchev–Trinajstić information content (AvgIpc) is 2.96. The highest BCUT2D eigenvalue weighted by atomic mass is 32.1. The third kappa shape index (κ3) is 4.03. The second-order valence-corrected chi connectivity index (χ2v) is 7.75. The molecule has 2 heterocycles. The van der Waals surface area contributed by atoms with Crippen molar-refractivity contribution < 1.29 is 4.74 Å². The maximum atomic E-state index is 6.04. The molecule has 0 amide bonds. The van der Waals surface area contributed by atoms with Crippen molar-refractivity contribution >= 4 is 11.3 Å². The van der Waals surface area contributed by atoms with Gasteiger partial charge < -0.3 is 10.1 Å². The van der Waals surface area contributed by atoms with Gasteiger partial charge in [0.1, 0.15) is 0 Å². The minimum atomic E-state index is 0.140. The van der Waals surface area contributed by atoms with Gasteiger partial charge in [0, 0.05) is 23.3 Å². The number of aromatic nitrogens is 1. The molecule has 3 unspecified atom stereocenters. The van der Waals surface area contributed by atoms with Crippen molar-refractivity contribution in [3.63, 3.8) is 0 Å². The number of nitrogens with zero attached hydrogens (tertiary/aromatic N) is 1. The molecule has 2 rings (SSSR count). The number of ether oxygens (including phenoxy) is 1. The van der Waals surface area contributed by atoms with E-state index >= 15 is 0 Å². The number of thiazole rings is 1. The standard InChI is InChI=1S/C16H28N2OS/c1-6-17-12(13-8-7-11(2)19-13)9-15-18-14(10-20-15)16(3,4)5/h10-13,17H,6-9H2,1-5H3. The van der Waals surface area contributed by atoms with E-state index in [1.807, 2.05) is 0 Å². The molecule has 20 heavy (non-hydrogen) atoms. The summed E-state index contributed by atoms with van der Waals surface area (Å²) in [5.41, 5.74) is 1.34. The Bertz CT molecular complexity index is 424. The van der Waals surface area contributed by atoms with Crippen molar-refractivity contribution in [1.29, 1.82) is 0 Å². The molecule has 0 aromatic carbocycles. The summed E-state index contributed by atoms with van der Waals surface area (Å²) in [5.74, 6) is 0. The third-order valence-corrected chi connectivity index (χ3v) is 4.77. The van der Waals surface area contributed by atoms with Crippen LogP contribution in [-0.2, 0) is 16.6 Å². The maximum absolute atomic E-state index is 6.04. The zero-order chi connectivity index (χ0) is 14.8. The molecule has 0 aliphatic carbocycles. The van der Waals surface area contributed by atoms with Crippen LogP contribution in [0.2, 0.25) is 0 Å². The van der Waals surface area contributed by atoms with Gasteiger partial charge in [-0.15, -0.1) is 11.3 Å². The Labute approximate surface area is 127 Å². The predicted molar refractivity (Wildman–Crippen MR) is 85.6 cm³/mol. The zero-order valence-electron chi connectivity index (χ0n) is 13.4. The normalized spacial score (nSPS) is 25.1. The maximum Gasteiger partial charge on any atom is 0.0945 e. The molecule has 1 aliphatic heterocycles. The van der Waals surface area contributed by atoms with Gasteiger partial charge in [0.2, 0.25) is 0 Å². The van der Waals surface area contributed by atoms with E-state index in [9.17, 15) is 0 Å². The molecule has 0 saturated carbocycles. The lowest BCUT2D eigenvalue weighted by molar-refractivity contribution is 0.0324. The first-order valence-electron chi connectivity index (χ1n) is 7.74. The molecule has 1 saturated heterocycles. The van der Waals surface area contributed by atoms with E-state index < -0.39 is 0 Å². The Morgan fingerprint density at radius 2 is 2.20 bits per heavy atom. The molecule has 1 N–H and O–H groups in total. The highest BCUT2D eigenvalue weighted by molar-refractivity contribution is 7.09. The first-order valence-corrected chi connectivity index (χ1v) is 8.62. The molecule has 0 radical (unpaired) electrons. The minimum Gasteiger partial charge on any atom is -0.374 e. The van der Waals surface area contributed by atoms with Gasteiger partial charge in [-0.05, 0) is 26.3 Å². The zero-order valence-corrected chi connectivity index (χ0v) is 14.2. The van der Waals surface area contributed by atoms with Crippen molar-refractivity contribution in [2.45, 2.75) is 77.5 Å². The van der Waals surface area contributed by atoms with E-state index in [4.69, 9.17) is 9.72 Å². The fourth-order valence-electron chi connectivity index (χ4n) is 2.66. The quantitative estimate of drug-likeness (QED) is 0.902. The Morgan fingerprint density at radius 1 is 1.45 bits per heavy atom. The van der Waals surface area contributed by atoms with Crippen molar-refractivity contribution in [2.24, 2.45) is 0 Å². The van der Waals surface area contributed by atoms with Crippen LogP contribution in [0, 0.1) is 0 Å². The predicted octanol–water partition coefficient (Wildman–Crippen LogP) is 3.53. The van der Waals surface area contributed by atoms with Crippen LogP contribution in [-0.4, -0.2) is 29.8 Å². The summed E-state index contributed by atoms with van der Waals surface area (Å²) in [4.78, 5) is 4.82. The van der Waals surface area contributed by atoms with E-state index in [-0.39, 0.29) is 5.41 Å². The second kappa shape index (κ2) is 6.54. The van der Waals surface area contributed by atoms with Crippen LogP contribution in [0.3, 0.4) is 0 Å². The molecule has 3 atom stereocenters. The minimum absolute atomic E-state index is 0.140. The number of nitrogens with one attached hydrogen (secondary N) is 1. The summed E-state index contributed by atoms with van der Waals surface area (Å²) in [7, 11) is 0. The van der Waals surface area contributed by atoms with Crippen LogP contribution >= 0.6 is 11.3 Å². The van der Waals surface area contributed by atoms with Gasteiger partial charge in [-0.1, -0.05) is 27.7 Å². The summed E-state index contributed by atoms with van der Waals surface area (Å²) in [6, 6.07) is 0.393. The lowest BCUT2D eigenvalue weighted by Crippen LogP contribution is -2.41. The van der Waals surface area contributed by atoms with Crippen LogP contribution in [0.4, 0.5) is 0 Å². The Kier molecular flexibility index (Phi) is 5.21. The molecule has 1 aromatic heterocycles. The fourth-order valence-corrected chi connectivity index (χ4v) is 3.74. The second-order valence-electron chi connectivity index (χ2n) is 6.81. The molecule has 1 aromatic rings. The Morgan fingerprint density at radius 3 is 2.70 bits per heavy atom. The highest BCUT2D eigenvalue weighted by Crippen LogP contribution is 2.27. The van der Waals surface area contributed by atoms with Gasteiger partial charge in [-0.25, -0.2) is 4.98 Å². The molecule has 1 fully saturated rings. The molecule has 1 aliphatic rings. The average molecular weight is 296 g/mol. The van der Waals surface area contributed by atoms with Crippen molar-refractivity contribution in [3.8, 4) is 0 Å². The molecule has 0 bridgehead atoms. The molecular weight excluding hydrogens is 268 g/mol. The van der Waals surface area contributed by atoms with Crippen molar-refractivity contribution in [3.05, 3.63) is 16.1 Å². The summed E-state index contributed by atoms with van der Waals surface area (Å²) in [6.07, 6.45) is 4.06. The Hall–Kier alpha value is -0.450. The summed E-state index contributed by atoms with van der Waals surface area (Å²) in [5, 5.41) is 7.01. The van der Waals surface area contributed by atoms with E-state index in [1.54, 1.807) is 11.3 Å². The van der Waals surface area contributed by atoms with Gasteiger partial charge >= 0.3 is 0 Å². The topological polar surface area (TPSA) is 34.2 Å². The van der Waals surface area contributed by atoms with Gasteiger partial charge in [-0.3, -0.25) is 0 Å². The molecule has 0 spiro atoms. The molecule has 114 valence electrons. The van der Waals surface area contributed by atoms with Crippen LogP contribution < -0.4 is 5.32 Å². The van der Waals surface area contributed by atoms with Crippen molar-refractivity contribution in [2.75, 3.05) is 6.54 Å². The summed E-state index contributed by atoms with van der Waals surface area (Å²) < 4.78 is 6.04. The number of likely N-dealkylation sites (N-methyl/N-ethyl adjacent to an activating group) is 1. The fraction of sp³-hybridized carbons (Fsp3) is 0.812. The smallest absolute Gasteiger partial charge is 0.0945 e. The molecule has 3 nitrogen and oxygen atoms in total. The van der Waals surface area contributed by atoms with E-state index in [0.717, 1.165) is 19.4 Å². The highest BCUT2D eigenvalue weighted by Gasteiger charge is 2.30. The molecular formula is C16H28N2OS. The summed E-state index contributed by atoms with van der Waals surface area (Å²) >= 11 is 1.78. The number of hydrogen-bond acceptors (Lipinski definition) is 4. The van der Waals surface area contributed by atoms with Crippen LogP contribution in [0.25, 0.3) is 0 Å². The molecule has 4 heteroatoms. The third-order valence-electron chi connectivity index (χ3n) is 3.89. The van der Waals surface area contributed by atoms with Crippen LogP contribution in [0.5, 0.6) is 0 Å². The first kappa shape index (κ1) is 15.9. The van der Waals surface area contributed by atoms with Gasteiger partial charge in [0.15, 0.2) is 0 Å². The SMILES string of the molecule is CCNC(Cc1nc(C(C)(C)C)cs1)C1CCC(C)O1. The first-order chi connectivity index (χ1) is 9.40. The van der Waals surface area contributed by atoms with Gasteiger partial charge in [-0.2, -0.15) is 0 Å². The monoisotopic (exact) mass is 296 g/mol.